The van der Waals surface area contributed by atoms with Crippen LogP contribution in [0.2, 0.25) is 0 Å². The summed E-state index contributed by atoms with van der Waals surface area (Å²) in [4.78, 5) is 14.0. The third-order valence-electron chi connectivity index (χ3n) is 4.46. The summed E-state index contributed by atoms with van der Waals surface area (Å²) in [5, 5.41) is 14.0. The number of likely N-dealkylation sites (N-methyl/N-ethyl adjacent to an activating group) is 1. The van der Waals surface area contributed by atoms with Crippen molar-refractivity contribution in [3.63, 3.8) is 0 Å². The number of aliphatic hydroxyl groups is 1. The second-order valence-corrected chi connectivity index (χ2v) is 6.29. The van der Waals surface area contributed by atoms with E-state index in [1.54, 1.807) is 18.2 Å². The quantitative estimate of drug-likeness (QED) is 0.906. The summed E-state index contributed by atoms with van der Waals surface area (Å²) in [6.45, 7) is 1.46. The van der Waals surface area contributed by atoms with Gasteiger partial charge in [-0.25, -0.2) is 4.39 Å². The zero-order chi connectivity index (χ0) is 16.4. The molecule has 1 saturated heterocycles. The molecule has 1 amide bonds. The van der Waals surface area contributed by atoms with Crippen LogP contribution in [0.4, 0.5) is 4.39 Å². The van der Waals surface area contributed by atoms with Crippen LogP contribution in [0.5, 0.6) is 0 Å². The van der Waals surface area contributed by atoms with E-state index in [9.17, 15) is 14.3 Å². The number of nitrogens with one attached hydrogen (secondary N) is 1. The number of carbonyl (C=O) groups is 1. The zero-order valence-corrected chi connectivity index (χ0v) is 13.1. The molecule has 2 aromatic rings. The largest absolute Gasteiger partial charge is 0.391 e. The van der Waals surface area contributed by atoms with Gasteiger partial charge in [-0.2, -0.15) is 0 Å². The molecule has 2 aromatic carbocycles. The van der Waals surface area contributed by atoms with Crippen LogP contribution in [0.1, 0.15) is 12.0 Å². The lowest BCUT2D eigenvalue weighted by Crippen LogP contribution is -2.29. The summed E-state index contributed by atoms with van der Waals surface area (Å²) in [7, 11) is 1.92. The van der Waals surface area contributed by atoms with Crippen molar-refractivity contribution in [3.05, 3.63) is 47.8 Å². The molecule has 0 aliphatic carbocycles. The minimum atomic E-state index is -0.469. The maximum Gasteiger partial charge on any atom is 0.220 e. The average Bonchev–Trinajstić information content (AvgIpc) is 2.84. The molecule has 0 spiro atoms. The van der Waals surface area contributed by atoms with Crippen LogP contribution < -0.4 is 5.32 Å². The zero-order valence-electron chi connectivity index (χ0n) is 13.1. The number of hydrogen-bond acceptors (Lipinski definition) is 3. The molecule has 2 atom stereocenters. The van der Waals surface area contributed by atoms with E-state index >= 15 is 0 Å². The second kappa shape index (κ2) is 6.64. The topological polar surface area (TPSA) is 52.6 Å². The Balaban J connectivity index is 1.62. The monoisotopic (exact) mass is 316 g/mol. The lowest BCUT2D eigenvalue weighted by molar-refractivity contribution is -0.122. The SMILES string of the molecule is CN1C[C@@H](CC(=O)NCc2ccc3ccccc3c2F)[C@H](O)C1. The van der Waals surface area contributed by atoms with Gasteiger partial charge in [0.05, 0.1) is 6.10 Å². The Bertz CT molecular complexity index is 719. The number of rotatable bonds is 4. The maximum atomic E-state index is 14.4. The first-order valence-electron chi connectivity index (χ1n) is 7.84. The molecule has 1 aliphatic rings. The van der Waals surface area contributed by atoms with Gasteiger partial charge >= 0.3 is 0 Å². The van der Waals surface area contributed by atoms with Gasteiger partial charge in [0, 0.05) is 42.9 Å². The number of β-amino-alcohol motifs (C(OH)–C–C–N with tert-alkyl or cyclic N) is 1. The summed E-state index contributed by atoms with van der Waals surface area (Å²) in [5.41, 5.74) is 0.473. The standard InChI is InChI=1S/C18H21FN2O2/c1-21-10-14(16(22)11-21)8-17(23)20-9-13-7-6-12-4-2-3-5-15(12)18(13)19/h2-7,14,16,22H,8-11H2,1H3,(H,20,23)/t14-,16-/m1/s1. The van der Waals surface area contributed by atoms with E-state index in [0.29, 0.717) is 24.0 Å². The van der Waals surface area contributed by atoms with Crippen LogP contribution >= 0.6 is 0 Å². The van der Waals surface area contributed by atoms with Crippen LogP contribution in [0.25, 0.3) is 10.8 Å². The van der Waals surface area contributed by atoms with Crippen molar-refractivity contribution in [2.24, 2.45) is 5.92 Å². The molecule has 1 aliphatic heterocycles. The summed E-state index contributed by atoms with van der Waals surface area (Å²) in [6, 6.07) is 10.8. The number of amides is 1. The minimum absolute atomic E-state index is 0.0542. The molecule has 23 heavy (non-hydrogen) atoms. The fourth-order valence-corrected chi connectivity index (χ4v) is 3.18. The van der Waals surface area contributed by atoms with Gasteiger partial charge < -0.3 is 15.3 Å². The molecule has 1 heterocycles. The van der Waals surface area contributed by atoms with Gasteiger partial charge in [0.2, 0.25) is 5.91 Å². The molecular formula is C18H21FN2O2. The van der Waals surface area contributed by atoms with E-state index in [0.717, 1.165) is 5.39 Å². The molecule has 0 saturated carbocycles. The van der Waals surface area contributed by atoms with Gasteiger partial charge in [0.25, 0.3) is 0 Å². The van der Waals surface area contributed by atoms with Crippen molar-refractivity contribution in [1.82, 2.24) is 10.2 Å². The van der Waals surface area contributed by atoms with Crippen molar-refractivity contribution < 1.29 is 14.3 Å². The Morgan fingerprint density at radius 2 is 2.09 bits per heavy atom. The summed E-state index contributed by atoms with van der Waals surface area (Å²) < 4.78 is 14.4. The normalized spacial score (nSPS) is 21.7. The number of aliphatic hydroxyl groups excluding tert-OH is 1. The Labute approximate surface area is 134 Å². The van der Waals surface area contributed by atoms with Crippen LogP contribution in [0.3, 0.4) is 0 Å². The number of nitrogens with zero attached hydrogens (tertiary/aromatic N) is 1. The predicted octanol–water partition coefficient (Wildman–Crippen LogP) is 1.91. The number of likely N-dealkylation sites (tertiary alicyclic amines) is 1. The smallest absolute Gasteiger partial charge is 0.220 e. The first kappa shape index (κ1) is 15.9. The first-order valence-corrected chi connectivity index (χ1v) is 7.84. The third-order valence-corrected chi connectivity index (χ3v) is 4.46. The fourth-order valence-electron chi connectivity index (χ4n) is 3.18. The molecule has 0 unspecified atom stereocenters. The maximum absolute atomic E-state index is 14.4. The Kier molecular flexibility index (Phi) is 4.59. The lowest BCUT2D eigenvalue weighted by atomic mass is 10.0. The van der Waals surface area contributed by atoms with E-state index < -0.39 is 6.10 Å². The highest BCUT2D eigenvalue weighted by molar-refractivity contribution is 5.84. The number of benzene rings is 2. The van der Waals surface area contributed by atoms with E-state index in [-0.39, 0.29) is 30.6 Å². The molecule has 3 rings (SSSR count). The van der Waals surface area contributed by atoms with Crippen molar-refractivity contribution >= 4 is 16.7 Å². The summed E-state index contributed by atoms with van der Waals surface area (Å²) >= 11 is 0. The van der Waals surface area contributed by atoms with Crippen molar-refractivity contribution in [1.29, 1.82) is 0 Å². The number of fused-ring (bicyclic) bond motifs is 1. The van der Waals surface area contributed by atoms with Crippen molar-refractivity contribution in [3.8, 4) is 0 Å². The molecule has 4 nitrogen and oxygen atoms in total. The van der Waals surface area contributed by atoms with Crippen LogP contribution in [-0.2, 0) is 11.3 Å². The third kappa shape index (κ3) is 3.51. The molecule has 0 bridgehead atoms. The summed E-state index contributed by atoms with van der Waals surface area (Å²) in [6.07, 6.45) is -0.205. The number of hydrogen-bond donors (Lipinski definition) is 2. The van der Waals surface area contributed by atoms with Gasteiger partial charge in [0.1, 0.15) is 5.82 Å². The van der Waals surface area contributed by atoms with Crippen molar-refractivity contribution in [2.45, 2.75) is 19.1 Å². The van der Waals surface area contributed by atoms with Gasteiger partial charge in [-0.1, -0.05) is 36.4 Å². The van der Waals surface area contributed by atoms with Crippen LogP contribution in [0.15, 0.2) is 36.4 Å². The Morgan fingerprint density at radius 1 is 1.30 bits per heavy atom. The number of carbonyl (C=O) groups excluding carboxylic acids is 1. The molecule has 0 aromatic heterocycles. The molecular weight excluding hydrogens is 295 g/mol. The van der Waals surface area contributed by atoms with Gasteiger partial charge in [-0.15, -0.1) is 0 Å². The molecule has 5 heteroatoms. The minimum Gasteiger partial charge on any atom is -0.391 e. The van der Waals surface area contributed by atoms with Crippen LogP contribution in [-0.4, -0.2) is 42.2 Å². The van der Waals surface area contributed by atoms with E-state index in [4.69, 9.17) is 0 Å². The van der Waals surface area contributed by atoms with E-state index in [1.165, 1.54) is 0 Å². The average molecular weight is 316 g/mol. The highest BCUT2D eigenvalue weighted by Crippen LogP contribution is 2.21. The summed E-state index contributed by atoms with van der Waals surface area (Å²) in [5.74, 6) is -0.498. The van der Waals surface area contributed by atoms with Crippen molar-refractivity contribution in [2.75, 3.05) is 20.1 Å². The Morgan fingerprint density at radius 3 is 2.83 bits per heavy atom. The van der Waals surface area contributed by atoms with E-state index in [1.807, 2.05) is 30.1 Å². The molecule has 0 radical (unpaired) electrons. The highest BCUT2D eigenvalue weighted by atomic mass is 19.1. The molecule has 1 fully saturated rings. The van der Waals surface area contributed by atoms with Gasteiger partial charge in [0.15, 0.2) is 0 Å². The van der Waals surface area contributed by atoms with Crippen LogP contribution in [0, 0.1) is 11.7 Å². The second-order valence-electron chi connectivity index (χ2n) is 6.29. The van der Waals surface area contributed by atoms with Gasteiger partial charge in [-0.05, 0) is 12.4 Å². The predicted molar refractivity (Wildman–Crippen MR) is 87.4 cm³/mol. The first-order chi connectivity index (χ1) is 11.0. The van der Waals surface area contributed by atoms with E-state index in [2.05, 4.69) is 5.32 Å². The lowest BCUT2D eigenvalue weighted by Gasteiger charge is -2.13. The molecule has 122 valence electrons. The van der Waals surface area contributed by atoms with Gasteiger partial charge in [-0.3, -0.25) is 4.79 Å². The fraction of sp³-hybridized carbons (Fsp3) is 0.389. The number of halogens is 1. The Hall–Kier alpha value is -1.98. The molecule has 2 N–H and O–H groups in total. The highest BCUT2D eigenvalue weighted by Gasteiger charge is 2.30.